The molecule has 0 spiro atoms. The predicted octanol–water partition coefficient (Wildman–Crippen LogP) is 6.42. The van der Waals surface area contributed by atoms with E-state index in [9.17, 15) is 53.8 Å². The van der Waals surface area contributed by atoms with Crippen molar-refractivity contribution in [2.75, 3.05) is 29.5 Å². The second-order valence-corrected chi connectivity index (χ2v) is 21.1. The second kappa shape index (κ2) is 20.3. The highest BCUT2D eigenvalue weighted by atomic mass is 32.2. The maximum absolute atomic E-state index is 12.5. The number of aliphatic carboxylic acids is 2. The van der Waals surface area contributed by atoms with E-state index in [0.29, 0.717) is 68.4 Å². The molecule has 4 rings (SSSR count). The number of nitrogens with zero attached hydrogens (tertiary/aromatic N) is 2. The van der Waals surface area contributed by atoms with E-state index in [-0.39, 0.29) is 30.7 Å². The summed E-state index contributed by atoms with van der Waals surface area (Å²) in [5.41, 5.74) is 4.81. The topological polar surface area (TPSA) is 261 Å². The van der Waals surface area contributed by atoms with E-state index in [0.717, 1.165) is 22.5 Å². The van der Waals surface area contributed by atoms with E-state index in [1.165, 1.54) is 12.1 Å². The Hall–Kier alpha value is -4.53. The summed E-state index contributed by atoms with van der Waals surface area (Å²) in [6.45, 7) is 8.86. The molecule has 5 N–H and O–H groups in total. The zero-order valence-corrected chi connectivity index (χ0v) is 37.8. The fourth-order valence-corrected chi connectivity index (χ4v) is 10.1. The molecule has 0 bridgehead atoms. The molecule has 62 heavy (non-hydrogen) atoms. The number of aryl methyl sites for hydroxylation is 1. The number of allylic oxidation sites excluding steroid dienone is 6. The molecule has 2 aliphatic rings. The van der Waals surface area contributed by atoms with Gasteiger partial charge in [-0.25, -0.2) is 0 Å². The lowest BCUT2D eigenvalue weighted by Crippen LogP contribution is -2.30. The van der Waals surface area contributed by atoms with Crippen LogP contribution in [0.4, 0.5) is 11.4 Å². The van der Waals surface area contributed by atoms with Crippen molar-refractivity contribution >= 4 is 65.2 Å². The van der Waals surface area contributed by atoms with Crippen LogP contribution in [0.3, 0.4) is 0 Å². The summed E-state index contributed by atoms with van der Waals surface area (Å²) >= 11 is 0. The molecular weight excluding hydrogens is 865 g/mol. The first-order valence-corrected chi connectivity index (χ1v) is 25.0. The normalized spacial score (nSPS) is 18.8. The van der Waals surface area contributed by atoms with Gasteiger partial charge in [-0.3, -0.25) is 28.0 Å². The van der Waals surface area contributed by atoms with Crippen molar-refractivity contribution in [1.82, 2.24) is 0 Å². The smallest absolute Gasteiger partial charge is 0.315 e. The van der Waals surface area contributed by atoms with Crippen LogP contribution in [-0.4, -0.2) is 102 Å². The number of carbonyl (C=O) groups is 3. The molecule has 0 saturated heterocycles. The van der Waals surface area contributed by atoms with Crippen molar-refractivity contribution in [3.05, 3.63) is 89.2 Å². The lowest BCUT2D eigenvalue weighted by Gasteiger charge is -2.30. The van der Waals surface area contributed by atoms with Crippen LogP contribution in [0.1, 0.15) is 102 Å². The minimum Gasteiger partial charge on any atom is -0.481 e. The van der Waals surface area contributed by atoms with Gasteiger partial charge in [0.05, 0.1) is 21.8 Å². The van der Waals surface area contributed by atoms with Gasteiger partial charge in [0, 0.05) is 60.3 Å². The zero-order valence-electron chi connectivity index (χ0n) is 35.4. The Balaban J connectivity index is 1.65. The van der Waals surface area contributed by atoms with E-state index >= 15 is 0 Å². The molecule has 0 aliphatic carbocycles. The molecular formula is C43H57N2O14S3+. The van der Waals surface area contributed by atoms with Gasteiger partial charge in [0.25, 0.3) is 30.4 Å². The standard InChI is InChI=1S/C43H56N2O14S3/c1-30-19-21-35-33(27-30)42(2,3)38(44(35)24-13-7-8-15-37(46)32(41(49)50)29-61(54,55)56)16-9-5-10-17-39-43(4,23-12-6-11-18-40(47)48)34-28-31(62(57,58)59)20-22-36(34)45(39)25-14-26-60(51,52)53/h5,9-10,16-17,19-22,27-28,32H,6-8,11-15,18,23-26,29H2,1-4H3,(H4-,47,48,49,50,51,52,53,54,55,56,57,58,59)/p+1. The molecule has 0 amide bonds. The number of rotatable bonds is 24. The summed E-state index contributed by atoms with van der Waals surface area (Å²) in [5.74, 6) is -6.81. The van der Waals surface area contributed by atoms with Gasteiger partial charge >= 0.3 is 11.9 Å². The number of hydrogen-bond donors (Lipinski definition) is 5. The summed E-state index contributed by atoms with van der Waals surface area (Å²) in [4.78, 5) is 36.8. The minimum atomic E-state index is -4.66. The first kappa shape index (κ1) is 50.1. The fourth-order valence-electron chi connectivity index (χ4n) is 8.35. The van der Waals surface area contributed by atoms with Gasteiger partial charge < -0.3 is 15.1 Å². The number of carboxylic acid groups (broad SMARTS) is 2. The fraction of sp³-hybridized carbons (Fsp3) is 0.488. The number of anilines is 1. The van der Waals surface area contributed by atoms with E-state index < -0.39 is 76.3 Å². The summed E-state index contributed by atoms with van der Waals surface area (Å²) in [7, 11) is -13.5. The zero-order chi connectivity index (χ0) is 46.3. The maximum atomic E-state index is 12.5. The monoisotopic (exact) mass is 921 g/mol. The highest BCUT2D eigenvalue weighted by Gasteiger charge is 2.45. The maximum Gasteiger partial charge on any atom is 0.315 e. The van der Waals surface area contributed by atoms with Gasteiger partial charge in [-0.2, -0.15) is 29.8 Å². The van der Waals surface area contributed by atoms with Gasteiger partial charge in [0.15, 0.2) is 5.71 Å². The number of benzene rings is 2. The van der Waals surface area contributed by atoms with Crippen LogP contribution in [0.25, 0.3) is 0 Å². The Bertz CT molecular complexity index is 2510. The van der Waals surface area contributed by atoms with Crippen LogP contribution in [-0.2, 0) is 55.6 Å². The summed E-state index contributed by atoms with van der Waals surface area (Å²) in [6.07, 6.45) is 12.8. The number of carbonyl (C=O) groups excluding carboxylic acids is 1. The molecule has 2 heterocycles. The molecule has 16 nitrogen and oxygen atoms in total. The van der Waals surface area contributed by atoms with Crippen molar-refractivity contribution in [2.45, 2.75) is 108 Å². The summed E-state index contributed by atoms with van der Waals surface area (Å²) in [5, 5.41) is 18.5. The number of carboxylic acids is 2. The van der Waals surface area contributed by atoms with Crippen LogP contribution in [0.5, 0.6) is 0 Å². The molecule has 0 fully saturated rings. The van der Waals surface area contributed by atoms with Gasteiger partial charge in [-0.05, 0) is 95.7 Å². The Morgan fingerprint density at radius 2 is 1.45 bits per heavy atom. The van der Waals surface area contributed by atoms with Gasteiger partial charge in [-0.1, -0.05) is 42.7 Å². The second-order valence-electron chi connectivity index (χ2n) is 16.6. The van der Waals surface area contributed by atoms with Crippen molar-refractivity contribution in [1.29, 1.82) is 0 Å². The molecule has 340 valence electrons. The van der Waals surface area contributed by atoms with Crippen LogP contribution < -0.4 is 4.90 Å². The number of Topliss-reactive ketones (excluding diaryl/α,β-unsaturated/α-hetero) is 1. The number of ketones is 1. The molecule has 2 unspecified atom stereocenters. The molecule has 2 aliphatic heterocycles. The number of unbranched alkanes of at least 4 members (excludes halogenated alkanes) is 4. The Morgan fingerprint density at radius 3 is 2.08 bits per heavy atom. The van der Waals surface area contributed by atoms with Crippen molar-refractivity contribution in [3.63, 3.8) is 0 Å². The SMILES string of the molecule is Cc1ccc2c(c1)C(C)(C)C(C=CC=CC=C1N(CCCS(=O)(=O)O)c3ccc(S(=O)(=O)O)cc3C1(C)CCCCCC(=O)O)=[N+]2CCCCCC(=O)C(CS(=O)(=O)O)C(=O)O. The summed E-state index contributed by atoms with van der Waals surface area (Å²) in [6, 6.07) is 10.4. The van der Waals surface area contributed by atoms with E-state index in [1.807, 2.05) is 61.3 Å². The van der Waals surface area contributed by atoms with Crippen LogP contribution in [0.2, 0.25) is 0 Å². The average Bonchev–Trinajstić information content (AvgIpc) is 3.50. The van der Waals surface area contributed by atoms with Gasteiger partial charge in [0.2, 0.25) is 5.69 Å². The molecule has 0 radical (unpaired) electrons. The Morgan fingerprint density at radius 1 is 0.774 bits per heavy atom. The quantitative estimate of drug-likeness (QED) is 0.0250. The van der Waals surface area contributed by atoms with Crippen LogP contribution in [0.15, 0.2) is 77.4 Å². The molecule has 2 aromatic carbocycles. The molecule has 19 heteroatoms. The van der Waals surface area contributed by atoms with Crippen LogP contribution in [0, 0.1) is 12.8 Å². The van der Waals surface area contributed by atoms with E-state index in [1.54, 1.807) is 6.07 Å². The third-order valence-electron chi connectivity index (χ3n) is 11.5. The predicted molar refractivity (Wildman–Crippen MR) is 234 cm³/mol. The van der Waals surface area contributed by atoms with Crippen molar-refractivity contribution < 1.29 is 68.1 Å². The lowest BCUT2D eigenvalue weighted by atomic mass is 9.77. The molecule has 0 aromatic heterocycles. The van der Waals surface area contributed by atoms with Gasteiger partial charge in [-0.15, -0.1) is 0 Å². The first-order valence-electron chi connectivity index (χ1n) is 20.3. The Kier molecular flexibility index (Phi) is 16.4. The van der Waals surface area contributed by atoms with Gasteiger partial charge in [0.1, 0.15) is 18.2 Å². The lowest BCUT2D eigenvalue weighted by molar-refractivity contribution is -0.438. The molecule has 0 saturated carbocycles. The van der Waals surface area contributed by atoms with Crippen molar-refractivity contribution in [2.24, 2.45) is 5.92 Å². The third kappa shape index (κ3) is 13.0. The van der Waals surface area contributed by atoms with Crippen LogP contribution >= 0.6 is 0 Å². The van der Waals surface area contributed by atoms with Crippen molar-refractivity contribution in [3.8, 4) is 0 Å². The number of fused-ring (bicyclic) bond motifs is 2. The number of hydrogen-bond acceptors (Lipinski definition) is 10. The highest BCUT2D eigenvalue weighted by molar-refractivity contribution is 7.86. The summed E-state index contributed by atoms with van der Waals surface area (Å²) < 4.78 is 101. The highest BCUT2D eigenvalue weighted by Crippen LogP contribution is 2.51. The third-order valence-corrected chi connectivity index (χ3v) is 13.9. The Labute approximate surface area is 364 Å². The minimum absolute atomic E-state index is 0.00433. The largest absolute Gasteiger partial charge is 0.481 e. The van der Waals surface area contributed by atoms with E-state index in [2.05, 4.69) is 24.5 Å². The molecule has 2 aromatic rings. The first-order chi connectivity index (χ1) is 28.8. The molecule has 2 atom stereocenters. The van der Waals surface area contributed by atoms with E-state index in [4.69, 9.17) is 9.66 Å². The average molecular weight is 922 g/mol.